The molecule has 1 amide bonds. The number of carbonyl (C=O) groups is 1. The zero-order valence-electron chi connectivity index (χ0n) is 14.8. The van der Waals surface area contributed by atoms with Crippen LogP contribution < -0.4 is 20.1 Å². The number of anilines is 2. The summed E-state index contributed by atoms with van der Waals surface area (Å²) < 4.78 is 15.5. The molecule has 2 N–H and O–H groups in total. The molecule has 1 heterocycles. The number of nitrogens with one attached hydrogen (secondary N) is 2. The van der Waals surface area contributed by atoms with Crippen LogP contribution >= 0.6 is 11.6 Å². The molecule has 2 rings (SSSR count). The Morgan fingerprint density at radius 3 is 2.58 bits per heavy atom. The van der Waals surface area contributed by atoms with Crippen LogP contribution in [0.3, 0.4) is 0 Å². The number of benzene rings is 1. The summed E-state index contributed by atoms with van der Waals surface area (Å²) in [6.45, 7) is 1.08. The van der Waals surface area contributed by atoms with Gasteiger partial charge in [0.1, 0.15) is 29.3 Å². The first-order valence-corrected chi connectivity index (χ1v) is 8.24. The van der Waals surface area contributed by atoms with Gasteiger partial charge in [-0.1, -0.05) is 11.6 Å². The third-order valence-electron chi connectivity index (χ3n) is 3.45. The van der Waals surface area contributed by atoms with E-state index < -0.39 is 0 Å². The van der Waals surface area contributed by atoms with Crippen molar-refractivity contribution in [3.63, 3.8) is 0 Å². The minimum atomic E-state index is -0.285. The molecule has 0 unspecified atom stereocenters. The summed E-state index contributed by atoms with van der Waals surface area (Å²) in [5, 5.41) is 6.28. The number of halogens is 1. The number of carbonyl (C=O) groups excluding carboxylic acids is 1. The molecule has 0 bridgehead atoms. The second-order valence-electron chi connectivity index (χ2n) is 5.20. The number of hydrogen-bond acceptors (Lipinski definition) is 7. The first-order chi connectivity index (χ1) is 12.6. The van der Waals surface area contributed by atoms with E-state index in [-0.39, 0.29) is 11.6 Å². The predicted octanol–water partition coefficient (Wildman–Crippen LogP) is 2.66. The van der Waals surface area contributed by atoms with Crippen LogP contribution in [0.1, 0.15) is 16.9 Å². The molecule has 0 aliphatic heterocycles. The van der Waals surface area contributed by atoms with E-state index in [1.165, 1.54) is 20.5 Å². The van der Waals surface area contributed by atoms with Gasteiger partial charge in [-0.3, -0.25) is 4.79 Å². The van der Waals surface area contributed by atoms with Crippen molar-refractivity contribution in [2.24, 2.45) is 0 Å². The molecule has 26 heavy (non-hydrogen) atoms. The van der Waals surface area contributed by atoms with Crippen molar-refractivity contribution < 1.29 is 19.0 Å². The number of amides is 1. The second-order valence-corrected chi connectivity index (χ2v) is 5.61. The average Bonchev–Trinajstić information content (AvgIpc) is 2.66. The number of methoxy groups -OCH3 is 3. The smallest absolute Gasteiger partial charge is 0.270 e. The van der Waals surface area contributed by atoms with Crippen molar-refractivity contribution in [3.8, 4) is 11.5 Å². The summed E-state index contributed by atoms with van der Waals surface area (Å²) in [5.74, 6) is 1.15. The highest BCUT2D eigenvalue weighted by molar-refractivity contribution is 6.32. The lowest BCUT2D eigenvalue weighted by molar-refractivity contribution is 0.0943. The predicted molar refractivity (Wildman–Crippen MR) is 98.7 cm³/mol. The lowest BCUT2D eigenvalue weighted by Gasteiger charge is -2.13. The van der Waals surface area contributed by atoms with Gasteiger partial charge in [0.05, 0.1) is 24.9 Å². The van der Waals surface area contributed by atoms with Crippen LogP contribution in [-0.4, -0.2) is 50.4 Å². The molecule has 140 valence electrons. The third kappa shape index (κ3) is 5.21. The van der Waals surface area contributed by atoms with Crippen molar-refractivity contribution in [3.05, 3.63) is 35.2 Å². The van der Waals surface area contributed by atoms with Gasteiger partial charge in [-0.25, -0.2) is 9.97 Å². The van der Waals surface area contributed by atoms with Gasteiger partial charge in [-0.15, -0.1) is 0 Å². The van der Waals surface area contributed by atoms with E-state index in [2.05, 4.69) is 20.6 Å². The fraction of sp³-hybridized carbons (Fsp3) is 0.353. The molecule has 0 saturated heterocycles. The van der Waals surface area contributed by atoms with Gasteiger partial charge in [-0.05, 0) is 6.42 Å². The Morgan fingerprint density at radius 1 is 1.12 bits per heavy atom. The van der Waals surface area contributed by atoms with Crippen molar-refractivity contribution >= 4 is 29.0 Å². The molecule has 0 atom stereocenters. The first kappa shape index (κ1) is 19.7. The van der Waals surface area contributed by atoms with E-state index in [0.717, 1.165) is 6.42 Å². The molecule has 0 radical (unpaired) electrons. The second kappa shape index (κ2) is 9.79. The molecule has 0 aliphatic carbocycles. The number of aromatic nitrogens is 2. The van der Waals surface area contributed by atoms with Crippen molar-refractivity contribution in [1.82, 2.24) is 15.3 Å². The highest BCUT2D eigenvalue weighted by Crippen LogP contribution is 2.37. The highest BCUT2D eigenvalue weighted by Gasteiger charge is 2.13. The average molecular weight is 381 g/mol. The topological polar surface area (TPSA) is 94.6 Å². The van der Waals surface area contributed by atoms with Gasteiger partial charge in [0.25, 0.3) is 5.91 Å². The molecule has 2 aromatic rings. The van der Waals surface area contributed by atoms with Crippen molar-refractivity contribution in [2.45, 2.75) is 6.42 Å². The van der Waals surface area contributed by atoms with E-state index in [1.807, 2.05) is 0 Å². The maximum Gasteiger partial charge on any atom is 0.270 e. The number of ether oxygens (including phenoxy) is 3. The Balaban J connectivity index is 2.14. The van der Waals surface area contributed by atoms with Crippen LogP contribution in [0.4, 0.5) is 11.5 Å². The molecule has 8 nitrogen and oxygen atoms in total. The Labute approximate surface area is 156 Å². The van der Waals surface area contributed by atoms with E-state index in [9.17, 15) is 4.79 Å². The van der Waals surface area contributed by atoms with Crippen LogP contribution in [0.5, 0.6) is 11.5 Å². The molecule has 9 heteroatoms. The van der Waals surface area contributed by atoms with Gasteiger partial charge in [0.15, 0.2) is 0 Å². The fourth-order valence-corrected chi connectivity index (χ4v) is 2.39. The zero-order chi connectivity index (χ0) is 18.9. The maximum atomic E-state index is 12.1. The third-order valence-corrected chi connectivity index (χ3v) is 3.74. The number of hydrogen-bond donors (Lipinski definition) is 2. The Morgan fingerprint density at radius 2 is 1.88 bits per heavy atom. The number of nitrogens with zero attached hydrogens (tertiary/aromatic N) is 2. The van der Waals surface area contributed by atoms with Gasteiger partial charge < -0.3 is 24.8 Å². The zero-order valence-corrected chi connectivity index (χ0v) is 15.6. The van der Waals surface area contributed by atoms with Gasteiger partial charge in [0.2, 0.25) is 0 Å². The van der Waals surface area contributed by atoms with E-state index in [4.69, 9.17) is 25.8 Å². The van der Waals surface area contributed by atoms with Crippen LogP contribution in [0, 0.1) is 0 Å². The molecule has 1 aromatic heterocycles. The maximum absolute atomic E-state index is 12.1. The molecule has 0 spiro atoms. The number of rotatable bonds is 9. The normalized spacial score (nSPS) is 10.3. The molecule has 0 aliphatic rings. The first-order valence-electron chi connectivity index (χ1n) is 7.86. The lowest BCUT2D eigenvalue weighted by Crippen LogP contribution is -2.26. The summed E-state index contributed by atoms with van der Waals surface area (Å²) in [6.07, 6.45) is 2.03. The van der Waals surface area contributed by atoms with Crippen LogP contribution in [-0.2, 0) is 4.74 Å². The summed E-state index contributed by atoms with van der Waals surface area (Å²) in [5.41, 5.74) is 0.846. The highest BCUT2D eigenvalue weighted by atomic mass is 35.5. The van der Waals surface area contributed by atoms with Crippen molar-refractivity contribution in [2.75, 3.05) is 39.8 Å². The van der Waals surface area contributed by atoms with Gasteiger partial charge in [0, 0.05) is 38.5 Å². The minimum absolute atomic E-state index is 0.250. The van der Waals surface area contributed by atoms with E-state index >= 15 is 0 Å². The minimum Gasteiger partial charge on any atom is -0.495 e. The summed E-state index contributed by atoms with van der Waals surface area (Å²) >= 11 is 6.10. The summed E-state index contributed by atoms with van der Waals surface area (Å²) in [4.78, 5) is 20.3. The summed E-state index contributed by atoms with van der Waals surface area (Å²) in [7, 11) is 4.67. The molecular weight excluding hydrogens is 360 g/mol. The summed E-state index contributed by atoms with van der Waals surface area (Å²) in [6, 6.07) is 4.87. The lowest BCUT2D eigenvalue weighted by atomic mass is 10.2. The quantitative estimate of drug-likeness (QED) is 0.646. The van der Waals surface area contributed by atoms with Crippen LogP contribution in [0.2, 0.25) is 5.02 Å². The SMILES string of the molecule is COCCCNC(=O)c1cc(Nc2cc(OC)c(Cl)cc2OC)ncn1. The van der Waals surface area contributed by atoms with Crippen LogP contribution in [0.15, 0.2) is 24.5 Å². The van der Waals surface area contributed by atoms with E-state index in [0.29, 0.717) is 41.2 Å². The van der Waals surface area contributed by atoms with Gasteiger partial charge >= 0.3 is 0 Å². The Bertz CT molecular complexity index is 758. The largest absolute Gasteiger partial charge is 0.495 e. The molecule has 0 fully saturated rings. The Kier molecular flexibility index (Phi) is 7.43. The molecule has 1 aromatic carbocycles. The molecule has 0 saturated carbocycles. The standard InChI is InChI=1S/C17H21ClN4O4/c1-24-6-4-5-19-17(23)13-9-16(21-10-20-13)22-12-8-14(25-2)11(18)7-15(12)26-3/h7-10H,4-6H2,1-3H3,(H,19,23)(H,20,21,22). The van der Waals surface area contributed by atoms with Crippen molar-refractivity contribution in [1.29, 1.82) is 0 Å². The monoisotopic (exact) mass is 380 g/mol. The van der Waals surface area contributed by atoms with Gasteiger partial charge in [-0.2, -0.15) is 0 Å². The van der Waals surface area contributed by atoms with Crippen LogP contribution in [0.25, 0.3) is 0 Å². The molecular formula is C17H21ClN4O4. The Hall–Kier alpha value is -2.58. The van der Waals surface area contributed by atoms with E-state index in [1.54, 1.807) is 25.3 Å². The fourth-order valence-electron chi connectivity index (χ4n) is 2.15.